The van der Waals surface area contributed by atoms with Gasteiger partial charge in [-0.15, -0.1) is 0 Å². The minimum absolute atomic E-state index is 0.405. The van der Waals surface area contributed by atoms with E-state index in [-0.39, 0.29) is 0 Å². The largest absolute Gasteiger partial charge is 0.423 e. The zero-order valence-corrected chi connectivity index (χ0v) is 8.91. The number of rotatable bonds is 2. The minimum atomic E-state index is -4.97. The van der Waals surface area contributed by atoms with Gasteiger partial charge in [0.2, 0.25) is 0 Å². The molecule has 0 saturated heterocycles. The molecule has 18 heavy (non-hydrogen) atoms. The number of carbonyl (C=O) groups is 1. The van der Waals surface area contributed by atoms with Crippen LogP contribution in [0.1, 0.15) is 28.4 Å². The molecule has 0 amide bonds. The molecule has 0 aliphatic rings. The highest BCUT2D eigenvalue weighted by molar-refractivity contribution is 5.98. The van der Waals surface area contributed by atoms with Crippen LogP contribution < -0.4 is 0 Å². The molecule has 0 aliphatic heterocycles. The van der Waals surface area contributed by atoms with Crippen molar-refractivity contribution in [3.8, 4) is 6.07 Å². The van der Waals surface area contributed by atoms with Crippen molar-refractivity contribution < 1.29 is 22.9 Å². The Balaban J connectivity index is 3.77. The third-order valence-electron chi connectivity index (χ3n) is 2.16. The Bertz CT molecular complexity index is 573. The van der Waals surface area contributed by atoms with E-state index in [4.69, 9.17) is 5.26 Å². The van der Waals surface area contributed by atoms with Gasteiger partial charge in [0.25, 0.3) is 5.69 Å². The first-order valence-electron chi connectivity index (χ1n) is 4.49. The molecule has 0 radical (unpaired) electrons. The lowest BCUT2D eigenvalue weighted by Gasteiger charge is -2.09. The van der Waals surface area contributed by atoms with E-state index in [9.17, 15) is 28.1 Å². The maximum absolute atomic E-state index is 12.6. The highest BCUT2D eigenvalue weighted by Crippen LogP contribution is 2.38. The summed E-state index contributed by atoms with van der Waals surface area (Å²) in [6.07, 6.45) is -4.97. The molecule has 8 heteroatoms. The molecule has 5 nitrogen and oxygen atoms in total. The van der Waals surface area contributed by atoms with Gasteiger partial charge in [0.05, 0.1) is 4.92 Å². The Morgan fingerprint density at radius 1 is 1.44 bits per heavy atom. The SMILES string of the molecule is CC(=O)c1ccc(C(F)(F)F)c([N+](=O)[O-])c1C#N. The van der Waals surface area contributed by atoms with E-state index < -0.39 is 39.3 Å². The van der Waals surface area contributed by atoms with Crippen molar-refractivity contribution in [1.82, 2.24) is 0 Å². The smallest absolute Gasteiger partial charge is 0.294 e. The second-order valence-corrected chi connectivity index (χ2v) is 3.31. The number of nitro groups is 1. The predicted octanol–water partition coefficient (Wildman–Crippen LogP) is 2.69. The summed E-state index contributed by atoms with van der Waals surface area (Å²) in [6.45, 7) is 1.01. The number of hydrogen-bond donors (Lipinski definition) is 0. The second-order valence-electron chi connectivity index (χ2n) is 3.31. The number of carbonyl (C=O) groups excluding carboxylic acids is 1. The Labute approximate surface area is 98.6 Å². The van der Waals surface area contributed by atoms with Crippen molar-refractivity contribution in [3.05, 3.63) is 38.9 Å². The molecule has 0 bridgehead atoms. The average molecular weight is 258 g/mol. The van der Waals surface area contributed by atoms with Gasteiger partial charge in [-0.3, -0.25) is 14.9 Å². The molecule has 0 aromatic heterocycles. The minimum Gasteiger partial charge on any atom is -0.294 e. The molecule has 0 N–H and O–H groups in total. The Morgan fingerprint density at radius 2 is 2.00 bits per heavy atom. The number of nitro benzene ring substituents is 1. The van der Waals surface area contributed by atoms with Crippen LogP contribution in [0.25, 0.3) is 0 Å². The fourth-order valence-electron chi connectivity index (χ4n) is 1.42. The van der Waals surface area contributed by atoms with Crippen LogP contribution in [0.15, 0.2) is 12.1 Å². The van der Waals surface area contributed by atoms with Gasteiger partial charge >= 0.3 is 6.18 Å². The molecule has 94 valence electrons. The van der Waals surface area contributed by atoms with Gasteiger partial charge in [-0.25, -0.2) is 0 Å². The maximum Gasteiger partial charge on any atom is 0.423 e. The normalized spacial score (nSPS) is 10.8. The van der Waals surface area contributed by atoms with Gasteiger partial charge in [-0.2, -0.15) is 18.4 Å². The number of Topliss-reactive ketones (excluding diaryl/α,β-unsaturated/α-hetero) is 1. The van der Waals surface area contributed by atoms with Gasteiger partial charge in [0.1, 0.15) is 17.2 Å². The topological polar surface area (TPSA) is 84.0 Å². The summed E-state index contributed by atoms with van der Waals surface area (Å²) in [6, 6.07) is 2.46. The summed E-state index contributed by atoms with van der Waals surface area (Å²) >= 11 is 0. The van der Waals surface area contributed by atoms with Crippen molar-refractivity contribution in [2.24, 2.45) is 0 Å². The molecule has 1 aromatic rings. The Hall–Kier alpha value is -2.43. The van der Waals surface area contributed by atoms with Gasteiger partial charge in [-0.05, 0) is 19.1 Å². The van der Waals surface area contributed by atoms with Crippen LogP contribution in [0.4, 0.5) is 18.9 Å². The third-order valence-corrected chi connectivity index (χ3v) is 2.16. The molecular weight excluding hydrogens is 253 g/mol. The van der Waals surface area contributed by atoms with Crippen molar-refractivity contribution in [1.29, 1.82) is 5.26 Å². The van der Waals surface area contributed by atoms with Crippen molar-refractivity contribution in [3.63, 3.8) is 0 Å². The monoisotopic (exact) mass is 258 g/mol. The van der Waals surface area contributed by atoms with E-state index in [0.29, 0.717) is 6.07 Å². The number of ketones is 1. The van der Waals surface area contributed by atoms with Crippen LogP contribution in [-0.2, 0) is 6.18 Å². The maximum atomic E-state index is 12.6. The number of nitrogens with zero attached hydrogens (tertiary/aromatic N) is 2. The quantitative estimate of drug-likeness (QED) is 0.463. The fourth-order valence-corrected chi connectivity index (χ4v) is 1.42. The number of alkyl halides is 3. The van der Waals surface area contributed by atoms with Gasteiger partial charge in [0, 0.05) is 5.56 Å². The molecule has 1 rings (SSSR count). The number of nitriles is 1. The summed E-state index contributed by atoms with van der Waals surface area (Å²) in [5, 5.41) is 19.4. The first-order valence-corrected chi connectivity index (χ1v) is 4.49. The van der Waals surface area contributed by atoms with Gasteiger partial charge in [0.15, 0.2) is 5.78 Å². The van der Waals surface area contributed by atoms with Crippen LogP contribution in [0.2, 0.25) is 0 Å². The molecule has 0 unspecified atom stereocenters. The van der Waals surface area contributed by atoms with Crippen molar-refractivity contribution in [2.45, 2.75) is 13.1 Å². The predicted molar refractivity (Wildman–Crippen MR) is 52.8 cm³/mol. The van der Waals surface area contributed by atoms with Crippen LogP contribution in [-0.4, -0.2) is 10.7 Å². The number of benzene rings is 1. The second kappa shape index (κ2) is 4.44. The zero-order chi connectivity index (χ0) is 14.1. The summed E-state index contributed by atoms with van der Waals surface area (Å²) < 4.78 is 37.7. The molecule has 0 spiro atoms. The van der Waals surface area contributed by atoms with E-state index in [1.54, 1.807) is 0 Å². The van der Waals surface area contributed by atoms with E-state index in [2.05, 4.69) is 0 Å². The zero-order valence-electron chi connectivity index (χ0n) is 8.91. The average Bonchev–Trinajstić information content (AvgIpc) is 2.25. The summed E-state index contributed by atoms with van der Waals surface area (Å²) in [4.78, 5) is 20.5. The van der Waals surface area contributed by atoms with E-state index in [1.165, 1.54) is 6.07 Å². The highest BCUT2D eigenvalue weighted by atomic mass is 19.4. The van der Waals surface area contributed by atoms with Gasteiger partial charge < -0.3 is 0 Å². The molecule has 0 aliphatic carbocycles. The Morgan fingerprint density at radius 3 is 2.33 bits per heavy atom. The lowest BCUT2D eigenvalue weighted by atomic mass is 9.99. The van der Waals surface area contributed by atoms with E-state index in [0.717, 1.165) is 13.0 Å². The van der Waals surface area contributed by atoms with Crippen LogP contribution in [0.3, 0.4) is 0 Å². The van der Waals surface area contributed by atoms with Crippen LogP contribution in [0.5, 0.6) is 0 Å². The first kappa shape index (κ1) is 13.6. The number of halogens is 3. The summed E-state index contributed by atoms with van der Waals surface area (Å²) in [5.41, 5.74) is -4.22. The Kier molecular flexibility index (Phi) is 3.37. The standard InChI is InChI=1S/C10H5F3N2O3/c1-5(16)6-2-3-8(10(11,12)13)9(15(17)18)7(6)4-14/h2-3H,1H3. The van der Waals surface area contributed by atoms with Crippen molar-refractivity contribution >= 4 is 11.5 Å². The molecule has 1 aromatic carbocycles. The molecule has 0 saturated carbocycles. The molecule has 0 fully saturated rings. The summed E-state index contributed by atoms with van der Waals surface area (Å²) in [5.74, 6) is -0.719. The van der Waals surface area contributed by atoms with Crippen LogP contribution >= 0.6 is 0 Å². The van der Waals surface area contributed by atoms with Crippen LogP contribution in [0, 0.1) is 21.4 Å². The summed E-state index contributed by atoms with van der Waals surface area (Å²) in [7, 11) is 0. The van der Waals surface area contributed by atoms with E-state index >= 15 is 0 Å². The van der Waals surface area contributed by atoms with Gasteiger partial charge in [-0.1, -0.05) is 0 Å². The number of hydrogen-bond acceptors (Lipinski definition) is 4. The lowest BCUT2D eigenvalue weighted by Crippen LogP contribution is -2.12. The molecule has 0 atom stereocenters. The van der Waals surface area contributed by atoms with E-state index in [1.807, 2.05) is 0 Å². The third kappa shape index (κ3) is 2.29. The molecule has 0 heterocycles. The first-order chi connectivity index (χ1) is 8.20. The van der Waals surface area contributed by atoms with Crippen molar-refractivity contribution in [2.75, 3.05) is 0 Å². The lowest BCUT2D eigenvalue weighted by molar-refractivity contribution is -0.388. The molecular formula is C10H5F3N2O3. The fraction of sp³-hybridized carbons (Fsp3) is 0.200. The highest BCUT2D eigenvalue weighted by Gasteiger charge is 2.41.